The molecule has 2 aromatic rings. The number of nitrogens with one attached hydrogen (secondary N) is 1. The molecule has 0 radical (unpaired) electrons. The third-order valence-electron chi connectivity index (χ3n) is 2.53. The largest absolute Gasteiger partial charge is 0.350 e. The summed E-state index contributed by atoms with van der Waals surface area (Å²) >= 11 is 5.45. The lowest BCUT2D eigenvalue weighted by molar-refractivity contribution is 0.862. The second-order valence-electron chi connectivity index (χ2n) is 3.75. The molecule has 1 fully saturated rings. The number of benzene rings is 1. The summed E-state index contributed by atoms with van der Waals surface area (Å²) in [5.74, 6) is 3.03. The van der Waals surface area contributed by atoms with Gasteiger partial charge in [0.15, 0.2) is 0 Å². The number of aromatic nitrogens is 2. The van der Waals surface area contributed by atoms with E-state index in [0.717, 1.165) is 32.8 Å². The lowest BCUT2D eigenvalue weighted by atomic mass is 10.2. The highest BCUT2D eigenvalue weighted by atomic mass is 79.9. The number of fused-ring (bicyclic) bond motifs is 1. The highest BCUT2D eigenvalue weighted by molar-refractivity contribution is 9.10. The molecule has 82 valence electrons. The van der Waals surface area contributed by atoms with Gasteiger partial charge in [0.2, 0.25) is 5.95 Å². The fraction of sp³-hybridized carbons (Fsp3) is 0.273. The zero-order valence-corrected chi connectivity index (χ0v) is 10.9. The Hall–Kier alpha value is -0.810. The van der Waals surface area contributed by atoms with Crippen LogP contribution < -0.4 is 5.32 Å². The molecule has 2 heterocycles. The van der Waals surface area contributed by atoms with Crippen molar-refractivity contribution in [1.29, 1.82) is 0 Å². The van der Waals surface area contributed by atoms with E-state index in [1.807, 2.05) is 36.2 Å². The second-order valence-corrected chi connectivity index (χ2v) is 5.68. The minimum Gasteiger partial charge on any atom is -0.350 e. The fourth-order valence-electron chi connectivity index (χ4n) is 1.59. The average Bonchev–Trinajstić information content (AvgIpc) is 2.24. The molecule has 0 spiro atoms. The van der Waals surface area contributed by atoms with Crippen molar-refractivity contribution in [2.45, 2.75) is 6.04 Å². The van der Waals surface area contributed by atoms with E-state index < -0.39 is 0 Å². The van der Waals surface area contributed by atoms with E-state index in [9.17, 15) is 0 Å². The van der Waals surface area contributed by atoms with E-state index in [4.69, 9.17) is 0 Å². The number of halogens is 1. The van der Waals surface area contributed by atoms with Gasteiger partial charge in [-0.3, -0.25) is 0 Å². The molecular formula is C11H10BrN3S. The molecule has 0 unspecified atom stereocenters. The number of hydrogen-bond acceptors (Lipinski definition) is 4. The SMILES string of the molecule is Brc1cccc2cnc(NC3CSC3)nc12. The van der Waals surface area contributed by atoms with Crippen molar-refractivity contribution in [1.82, 2.24) is 9.97 Å². The molecule has 0 bridgehead atoms. The van der Waals surface area contributed by atoms with Crippen LogP contribution in [0.4, 0.5) is 5.95 Å². The highest BCUT2D eigenvalue weighted by Gasteiger charge is 2.18. The third kappa shape index (κ3) is 1.89. The summed E-state index contributed by atoms with van der Waals surface area (Å²) < 4.78 is 1.01. The summed E-state index contributed by atoms with van der Waals surface area (Å²) in [6.07, 6.45) is 1.86. The van der Waals surface area contributed by atoms with Crippen LogP contribution in [-0.4, -0.2) is 27.5 Å². The number of thioether (sulfide) groups is 1. The van der Waals surface area contributed by atoms with Crippen molar-refractivity contribution < 1.29 is 0 Å². The molecule has 16 heavy (non-hydrogen) atoms. The summed E-state index contributed by atoms with van der Waals surface area (Å²) in [7, 11) is 0. The van der Waals surface area contributed by atoms with Crippen molar-refractivity contribution >= 4 is 44.5 Å². The van der Waals surface area contributed by atoms with Crippen LogP contribution in [-0.2, 0) is 0 Å². The Morgan fingerprint density at radius 3 is 3.00 bits per heavy atom. The molecule has 1 aliphatic heterocycles. The quantitative estimate of drug-likeness (QED) is 0.924. The number of nitrogens with zero attached hydrogens (tertiary/aromatic N) is 2. The van der Waals surface area contributed by atoms with E-state index in [1.54, 1.807) is 0 Å². The second kappa shape index (κ2) is 4.22. The van der Waals surface area contributed by atoms with Gasteiger partial charge in [-0.05, 0) is 22.0 Å². The molecule has 0 saturated carbocycles. The van der Waals surface area contributed by atoms with Gasteiger partial charge in [0.1, 0.15) is 0 Å². The molecule has 1 aliphatic rings. The molecule has 3 rings (SSSR count). The Labute approximate surface area is 106 Å². The monoisotopic (exact) mass is 295 g/mol. The van der Waals surface area contributed by atoms with Gasteiger partial charge in [-0.1, -0.05) is 12.1 Å². The van der Waals surface area contributed by atoms with Crippen LogP contribution in [0, 0.1) is 0 Å². The van der Waals surface area contributed by atoms with Crippen molar-refractivity contribution in [3.63, 3.8) is 0 Å². The third-order valence-corrected chi connectivity index (χ3v) is 4.45. The van der Waals surface area contributed by atoms with E-state index in [0.29, 0.717) is 6.04 Å². The van der Waals surface area contributed by atoms with E-state index in [1.165, 1.54) is 0 Å². The van der Waals surface area contributed by atoms with E-state index in [2.05, 4.69) is 31.2 Å². The number of anilines is 1. The maximum Gasteiger partial charge on any atom is 0.223 e. The minimum absolute atomic E-state index is 0.532. The van der Waals surface area contributed by atoms with Crippen molar-refractivity contribution in [2.24, 2.45) is 0 Å². The van der Waals surface area contributed by atoms with Crippen LogP contribution in [0.15, 0.2) is 28.9 Å². The van der Waals surface area contributed by atoms with Crippen molar-refractivity contribution in [3.8, 4) is 0 Å². The first-order valence-electron chi connectivity index (χ1n) is 5.08. The molecule has 1 aromatic heterocycles. The Morgan fingerprint density at radius 2 is 2.25 bits per heavy atom. The summed E-state index contributed by atoms with van der Waals surface area (Å²) in [4.78, 5) is 8.84. The molecule has 3 nitrogen and oxygen atoms in total. The van der Waals surface area contributed by atoms with Gasteiger partial charge < -0.3 is 5.32 Å². The predicted octanol–water partition coefficient (Wildman–Crippen LogP) is 2.92. The molecule has 5 heteroatoms. The van der Waals surface area contributed by atoms with Crippen LogP contribution in [0.25, 0.3) is 10.9 Å². The maximum absolute atomic E-state index is 4.52. The molecule has 0 atom stereocenters. The Morgan fingerprint density at radius 1 is 1.38 bits per heavy atom. The van der Waals surface area contributed by atoms with Gasteiger partial charge in [-0.25, -0.2) is 9.97 Å². The predicted molar refractivity (Wildman–Crippen MR) is 72.0 cm³/mol. The number of rotatable bonds is 2. The number of para-hydroxylation sites is 1. The maximum atomic E-state index is 4.52. The van der Waals surface area contributed by atoms with Gasteiger partial charge in [0.05, 0.1) is 5.52 Å². The standard InChI is InChI=1S/C11H10BrN3S/c12-9-3-1-2-7-4-13-11(15-10(7)9)14-8-5-16-6-8/h1-4,8H,5-6H2,(H,13,14,15). The van der Waals surface area contributed by atoms with Crippen LogP contribution in [0.2, 0.25) is 0 Å². The van der Waals surface area contributed by atoms with Gasteiger partial charge >= 0.3 is 0 Å². The topological polar surface area (TPSA) is 37.8 Å². The molecule has 1 aromatic carbocycles. The molecule has 0 aliphatic carbocycles. The van der Waals surface area contributed by atoms with Gasteiger partial charge in [0.25, 0.3) is 0 Å². The highest BCUT2D eigenvalue weighted by Crippen LogP contribution is 2.24. The summed E-state index contributed by atoms with van der Waals surface area (Å²) in [5.41, 5.74) is 0.965. The van der Waals surface area contributed by atoms with Crippen LogP contribution in [0.1, 0.15) is 0 Å². The van der Waals surface area contributed by atoms with Crippen molar-refractivity contribution in [2.75, 3.05) is 16.8 Å². The fourth-order valence-corrected chi connectivity index (χ4v) is 2.70. The summed E-state index contributed by atoms with van der Waals surface area (Å²) in [5, 5.41) is 4.39. The first-order chi connectivity index (χ1) is 7.83. The van der Waals surface area contributed by atoms with Crippen LogP contribution >= 0.6 is 27.7 Å². The zero-order chi connectivity index (χ0) is 11.0. The molecular weight excluding hydrogens is 286 g/mol. The Balaban J connectivity index is 1.97. The van der Waals surface area contributed by atoms with Gasteiger partial charge in [-0.2, -0.15) is 11.8 Å². The van der Waals surface area contributed by atoms with Gasteiger partial charge in [0, 0.05) is 33.6 Å². The number of hydrogen-bond donors (Lipinski definition) is 1. The van der Waals surface area contributed by atoms with E-state index >= 15 is 0 Å². The lowest BCUT2D eigenvalue weighted by Crippen LogP contribution is -2.33. The Bertz CT molecular complexity index is 528. The summed E-state index contributed by atoms with van der Waals surface area (Å²) in [6, 6.07) is 6.54. The molecule has 0 amide bonds. The molecule has 1 saturated heterocycles. The smallest absolute Gasteiger partial charge is 0.223 e. The molecule has 1 N–H and O–H groups in total. The lowest BCUT2D eigenvalue weighted by Gasteiger charge is -2.25. The van der Waals surface area contributed by atoms with Crippen LogP contribution in [0.3, 0.4) is 0 Å². The Kier molecular flexibility index (Phi) is 2.73. The first-order valence-corrected chi connectivity index (χ1v) is 7.03. The summed E-state index contributed by atoms with van der Waals surface area (Å²) in [6.45, 7) is 0. The van der Waals surface area contributed by atoms with Gasteiger partial charge in [-0.15, -0.1) is 0 Å². The van der Waals surface area contributed by atoms with Crippen molar-refractivity contribution in [3.05, 3.63) is 28.9 Å². The average molecular weight is 296 g/mol. The van der Waals surface area contributed by atoms with Crippen LogP contribution in [0.5, 0.6) is 0 Å². The normalized spacial score (nSPS) is 16.1. The zero-order valence-electron chi connectivity index (χ0n) is 8.48. The van der Waals surface area contributed by atoms with E-state index in [-0.39, 0.29) is 0 Å². The first kappa shape index (κ1) is 10.4. The minimum atomic E-state index is 0.532.